The minimum absolute atomic E-state index is 0.174. The van der Waals surface area contributed by atoms with E-state index in [1.807, 2.05) is 13.8 Å². The van der Waals surface area contributed by atoms with Gasteiger partial charge in [0.15, 0.2) is 0 Å². The summed E-state index contributed by atoms with van der Waals surface area (Å²) >= 11 is 0. The van der Waals surface area contributed by atoms with Crippen molar-refractivity contribution in [1.82, 2.24) is 9.78 Å². The highest BCUT2D eigenvalue weighted by molar-refractivity contribution is 5.74. The molecule has 1 heterocycles. The van der Waals surface area contributed by atoms with Crippen LogP contribution < -0.4 is 5.56 Å². The van der Waals surface area contributed by atoms with E-state index in [4.69, 9.17) is 5.11 Å². The summed E-state index contributed by atoms with van der Waals surface area (Å²) in [7, 11) is 0. The highest BCUT2D eigenvalue weighted by atomic mass is 16.4. The molecule has 5 heteroatoms. The Bertz CT molecular complexity index is 403. The maximum absolute atomic E-state index is 11.4. The van der Waals surface area contributed by atoms with E-state index in [1.165, 1.54) is 10.7 Å². The van der Waals surface area contributed by atoms with Crippen molar-refractivity contribution in [1.29, 1.82) is 0 Å². The van der Waals surface area contributed by atoms with E-state index in [1.54, 1.807) is 6.92 Å². The monoisotopic (exact) mass is 212 g/mol. The van der Waals surface area contributed by atoms with Gasteiger partial charge in [-0.25, -0.2) is 0 Å². The van der Waals surface area contributed by atoms with Gasteiger partial charge in [0, 0.05) is 12.6 Å². The predicted octanol–water partition coefficient (Wildman–Crippen LogP) is 1.02. The quantitative estimate of drug-likeness (QED) is 0.782. The first-order chi connectivity index (χ1) is 6.91. The Morgan fingerprint density at radius 2 is 2.13 bits per heavy atom. The molecule has 2 N–H and O–H groups in total. The Balaban J connectivity index is 2.95. The standard InChI is InChI=1S/C10H16N2O3/c1-6(2)5-12-9(13)4-8(11-12)7(3)10(14)15/h4,6-7,11H,5H2,1-3H3,(H,14,15). The van der Waals surface area contributed by atoms with Crippen LogP contribution in [0.15, 0.2) is 10.9 Å². The highest BCUT2D eigenvalue weighted by Gasteiger charge is 2.17. The van der Waals surface area contributed by atoms with Crippen molar-refractivity contribution in [3.63, 3.8) is 0 Å². The lowest BCUT2D eigenvalue weighted by molar-refractivity contribution is -0.138. The molecular formula is C10H16N2O3. The maximum Gasteiger partial charge on any atom is 0.312 e. The molecule has 1 aromatic rings. The zero-order valence-corrected chi connectivity index (χ0v) is 9.15. The van der Waals surface area contributed by atoms with Gasteiger partial charge in [0.1, 0.15) is 0 Å². The van der Waals surface area contributed by atoms with Crippen molar-refractivity contribution in [2.24, 2.45) is 5.92 Å². The Hall–Kier alpha value is -1.52. The summed E-state index contributed by atoms with van der Waals surface area (Å²) in [5.41, 5.74) is 0.278. The first kappa shape index (κ1) is 11.6. The molecular weight excluding hydrogens is 196 g/mol. The molecule has 0 aliphatic rings. The minimum atomic E-state index is -0.937. The largest absolute Gasteiger partial charge is 0.481 e. The molecule has 0 fully saturated rings. The SMILES string of the molecule is CC(C)Cn1[nH]c(C(C)C(=O)O)cc1=O. The van der Waals surface area contributed by atoms with Crippen molar-refractivity contribution in [2.45, 2.75) is 33.2 Å². The number of aliphatic carboxylic acids is 1. The number of nitrogens with zero attached hydrogens (tertiary/aromatic N) is 1. The molecule has 1 aromatic heterocycles. The van der Waals surface area contributed by atoms with Crippen molar-refractivity contribution >= 4 is 5.97 Å². The molecule has 0 saturated heterocycles. The number of carbonyl (C=O) groups is 1. The minimum Gasteiger partial charge on any atom is -0.481 e. The number of aromatic nitrogens is 2. The third kappa shape index (κ3) is 2.71. The fourth-order valence-electron chi connectivity index (χ4n) is 1.31. The molecule has 1 rings (SSSR count). The van der Waals surface area contributed by atoms with Crippen LogP contribution in [0.25, 0.3) is 0 Å². The van der Waals surface area contributed by atoms with E-state index in [2.05, 4.69) is 5.10 Å². The van der Waals surface area contributed by atoms with Crippen LogP contribution in [0.1, 0.15) is 32.4 Å². The van der Waals surface area contributed by atoms with Gasteiger partial charge >= 0.3 is 5.97 Å². The molecule has 0 radical (unpaired) electrons. The number of H-pyrrole nitrogens is 1. The molecule has 0 spiro atoms. The van der Waals surface area contributed by atoms with Crippen LogP contribution in [0, 0.1) is 5.92 Å². The van der Waals surface area contributed by atoms with Crippen molar-refractivity contribution in [2.75, 3.05) is 0 Å². The lowest BCUT2D eigenvalue weighted by atomic mass is 10.1. The van der Waals surface area contributed by atoms with E-state index in [-0.39, 0.29) is 5.56 Å². The number of carboxylic acid groups (broad SMARTS) is 1. The summed E-state index contributed by atoms with van der Waals surface area (Å²) in [5.74, 6) is -1.27. The highest BCUT2D eigenvalue weighted by Crippen LogP contribution is 2.10. The predicted molar refractivity (Wildman–Crippen MR) is 55.9 cm³/mol. The van der Waals surface area contributed by atoms with Crippen molar-refractivity contribution < 1.29 is 9.90 Å². The smallest absolute Gasteiger partial charge is 0.312 e. The molecule has 84 valence electrons. The summed E-state index contributed by atoms with van der Waals surface area (Å²) in [5, 5.41) is 11.6. The van der Waals surface area contributed by atoms with E-state index in [0.717, 1.165) is 0 Å². The third-order valence-electron chi connectivity index (χ3n) is 2.19. The van der Waals surface area contributed by atoms with E-state index in [9.17, 15) is 9.59 Å². The van der Waals surface area contributed by atoms with Crippen LogP contribution in [0.4, 0.5) is 0 Å². The molecule has 0 aliphatic heterocycles. The van der Waals surface area contributed by atoms with Crippen molar-refractivity contribution in [3.8, 4) is 0 Å². The second-order valence-corrected chi connectivity index (χ2v) is 4.11. The topological polar surface area (TPSA) is 75.1 Å². The molecule has 0 amide bonds. The number of carboxylic acids is 1. The molecule has 1 unspecified atom stereocenters. The van der Waals surface area contributed by atoms with Gasteiger partial charge in [-0.05, 0) is 12.8 Å². The number of rotatable bonds is 4. The van der Waals surface area contributed by atoms with E-state index in [0.29, 0.717) is 18.2 Å². The number of hydrogen-bond acceptors (Lipinski definition) is 2. The van der Waals surface area contributed by atoms with Crippen LogP contribution in [0.3, 0.4) is 0 Å². The fourth-order valence-corrected chi connectivity index (χ4v) is 1.31. The van der Waals surface area contributed by atoms with Crippen LogP contribution >= 0.6 is 0 Å². The number of nitrogens with one attached hydrogen (secondary N) is 1. The number of aromatic amines is 1. The molecule has 1 atom stereocenters. The molecule has 0 bridgehead atoms. The molecule has 15 heavy (non-hydrogen) atoms. The van der Waals surface area contributed by atoms with Gasteiger partial charge in [0.05, 0.1) is 11.6 Å². The zero-order valence-electron chi connectivity index (χ0n) is 9.15. The van der Waals surface area contributed by atoms with Gasteiger partial charge < -0.3 is 5.11 Å². The van der Waals surface area contributed by atoms with Crippen molar-refractivity contribution in [3.05, 3.63) is 22.1 Å². The van der Waals surface area contributed by atoms with Gasteiger partial charge in [0.2, 0.25) is 0 Å². The average Bonchev–Trinajstić information content (AvgIpc) is 2.45. The second-order valence-electron chi connectivity index (χ2n) is 4.11. The summed E-state index contributed by atoms with van der Waals surface area (Å²) in [4.78, 5) is 22.2. The van der Waals surface area contributed by atoms with Gasteiger partial charge in [-0.2, -0.15) is 0 Å². The Kier molecular flexibility index (Phi) is 3.34. The van der Waals surface area contributed by atoms with Crippen LogP contribution in [0.2, 0.25) is 0 Å². The molecule has 0 aliphatic carbocycles. The average molecular weight is 212 g/mol. The second kappa shape index (κ2) is 4.33. The summed E-state index contributed by atoms with van der Waals surface area (Å²) in [6, 6.07) is 1.35. The Labute approximate surface area is 87.7 Å². The van der Waals surface area contributed by atoms with Gasteiger partial charge in [-0.15, -0.1) is 0 Å². The summed E-state index contributed by atoms with van der Waals surface area (Å²) < 4.78 is 1.44. The van der Waals surface area contributed by atoms with Gasteiger partial charge in [-0.3, -0.25) is 19.4 Å². The first-order valence-electron chi connectivity index (χ1n) is 4.94. The van der Waals surface area contributed by atoms with E-state index < -0.39 is 11.9 Å². The van der Waals surface area contributed by atoms with Crippen LogP contribution in [-0.2, 0) is 11.3 Å². The maximum atomic E-state index is 11.4. The Morgan fingerprint density at radius 3 is 2.60 bits per heavy atom. The summed E-state index contributed by atoms with van der Waals surface area (Å²) in [6.07, 6.45) is 0. The molecule has 0 aromatic carbocycles. The third-order valence-corrected chi connectivity index (χ3v) is 2.19. The zero-order chi connectivity index (χ0) is 11.6. The van der Waals surface area contributed by atoms with Crippen LogP contribution in [-0.4, -0.2) is 20.9 Å². The fraction of sp³-hybridized carbons (Fsp3) is 0.600. The van der Waals surface area contributed by atoms with Crippen LogP contribution in [0.5, 0.6) is 0 Å². The van der Waals surface area contributed by atoms with E-state index >= 15 is 0 Å². The molecule has 5 nitrogen and oxygen atoms in total. The normalized spacial score (nSPS) is 13.1. The Morgan fingerprint density at radius 1 is 1.53 bits per heavy atom. The molecule has 0 saturated carbocycles. The van der Waals surface area contributed by atoms with Gasteiger partial charge in [-0.1, -0.05) is 13.8 Å². The lowest BCUT2D eigenvalue weighted by Gasteiger charge is -2.06. The lowest BCUT2D eigenvalue weighted by Crippen LogP contribution is -2.18. The first-order valence-corrected chi connectivity index (χ1v) is 4.94. The summed E-state index contributed by atoms with van der Waals surface area (Å²) in [6.45, 7) is 6.11. The number of hydrogen-bond donors (Lipinski definition) is 2. The van der Waals surface area contributed by atoms with Gasteiger partial charge in [0.25, 0.3) is 5.56 Å².